The van der Waals surface area contributed by atoms with Gasteiger partial charge in [0.05, 0.1) is 24.4 Å². The highest BCUT2D eigenvalue weighted by Crippen LogP contribution is 2.34. The van der Waals surface area contributed by atoms with Gasteiger partial charge in [-0.15, -0.1) is 0 Å². The summed E-state index contributed by atoms with van der Waals surface area (Å²) in [5.74, 6) is 0.254. The largest absolute Gasteiger partial charge is 0.463 e. The molecule has 3 rings (SSSR count). The number of amides is 2. The monoisotopic (exact) mass is 464 g/mol. The molecule has 2 heterocycles. The fourth-order valence-corrected chi connectivity index (χ4v) is 4.14. The van der Waals surface area contributed by atoms with E-state index in [9.17, 15) is 9.59 Å². The van der Waals surface area contributed by atoms with Crippen LogP contribution in [0.3, 0.4) is 0 Å². The number of allylic oxidation sites excluding steroid dienone is 1. The third kappa shape index (κ3) is 5.05. The van der Waals surface area contributed by atoms with Crippen LogP contribution in [0.5, 0.6) is 0 Å². The van der Waals surface area contributed by atoms with Crippen molar-refractivity contribution in [1.82, 2.24) is 20.2 Å². The second-order valence-electron chi connectivity index (χ2n) is 7.28. The first-order valence-corrected chi connectivity index (χ1v) is 11.1. The average molecular weight is 465 g/mol. The fourth-order valence-electron chi connectivity index (χ4n) is 3.63. The number of hydrogen-bond donors (Lipinski definition) is 2. The van der Waals surface area contributed by atoms with E-state index < -0.39 is 18.0 Å². The van der Waals surface area contributed by atoms with Crippen molar-refractivity contribution in [3.8, 4) is 0 Å². The molecule has 7 nitrogen and oxygen atoms in total. The first-order valence-electron chi connectivity index (χ1n) is 10.3. The van der Waals surface area contributed by atoms with Gasteiger partial charge in [0.15, 0.2) is 5.15 Å². The van der Waals surface area contributed by atoms with E-state index >= 15 is 0 Å². The number of urea groups is 1. The fraction of sp³-hybridized carbons (Fsp3) is 0.409. The summed E-state index contributed by atoms with van der Waals surface area (Å²) in [4.78, 5) is 29.6. The van der Waals surface area contributed by atoms with Crippen LogP contribution in [0.2, 0.25) is 10.2 Å². The summed E-state index contributed by atoms with van der Waals surface area (Å²) in [5, 5.41) is 6.31. The van der Waals surface area contributed by atoms with Crippen molar-refractivity contribution < 1.29 is 14.3 Å². The van der Waals surface area contributed by atoms with Crippen molar-refractivity contribution in [2.75, 3.05) is 6.61 Å². The highest BCUT2D eigenvalue weighted by Gasteiger charge is 2.36. The van der Waals surface area contributed by atoms with E-state index in [4.69, 9.17) is 27.9 Å². The quantitative estimate of drug-likeness (QED) is 0.550. The lowest BCUT2D eigenvalue weighted by atomic mass is 10.00. The first kappa shape index (κ1) is 23.2. The Kier molecular flexibility index (Phi) is 7.62. The Morgan fingerprint density at radius 1 is 1.26 bits per heavy atom. The Morgan fingerprint density at radius 3 is 2.68 bits per heavy atom. The molecule has 1 aliphatic heterocycles. The molecule has 0 saturated heterocycles. The highest BCUT2D eigenvalue weighted by molar-refractivity contribution is 6.31. The van der Waals surface area contributed by atoms with E-state index in [0.29, 0.717) is 35.0 Å². The third-order valence-electron chi connectivity index (χ3n) is 5.12. The van der Waals surface area contributed by atoms with Crippen LogP contribution in [0.25, 0.3) is 0 Å². The van der Waals surface area contributed by atoms with Crippen LogP contribution in [-0.2, 0) is 22.5 Å². The molecule has 2 N–H and O–H groups in total. The van der Waals surface area contributed by atoms with Crippen molar-refractivity contribution in [3.05, 3.63) is 62.8 Å². The van der Waals surface area contributed by atoms with Gasteiger partial charge in [-0.3, -0.25) is 0 Å². The second kappa shape index (κ2) is 10.2. The normalized spacial score (nSPS) is 16.2. The smallest absolute Gasteiger partial charge is 0.338 e. The number of ether oxygens (including phenoxy) is 1. The minimum Gasteiger partial charge on any atom is -0.463 e. The van der Waals surface area contributed by atoms with Crippen LogP contribution < -0.4 is 10.6 Å². The SMILES string of the molecule is CCCCc1nc(Cl)c(C2NC(=O)NC(C)=C2C(=O)OCC)n1Cc1ccccc1Cl. The second-order valence-corrected chi connectivity index (χ2v) is 8.04. The summed E-state index contributed by atoms with van der Waals surface area (Å²) in [7, 11) is 0. The highest BCUT2D eigenvalue weighted by atomic mass is 35.5. The van der Waals surface area contributed by atoms with Gasteiger partial charge in [0, 0.05) is 17.1 Å². The molecule has 0 spiro atoms. The lowest BCUT2D eigenvalue weighted by Gasteiger charge is -2.29. The van der Waals surface area contributed by atoms with Crippen molar-refractivity contribution in [2.45, 2.75) is 52.6 Å². The Morgan fingerprint density at radius 2 is 2.00 bits per heavy atom. The van der Waals surface area contributed by atoms with Crippen LogP contribution in [0.4, 0.5) is 4.79 Å². The average Bonchev–Trinajstić information content (AvgIpc) is 3.02. The van der Waals surface area contributed by atoms with Crippen LogP contribution >= 0.6 is 23.2 Å². The minimum absolute atomic E-state index is 0.213. The van der Waals surface area contributed by atoms with Gasteiger partial charge < -0.3 is 19.9 Å². The van der Waals surface area contributed by atoms with Gasteiger partial charge in [-0.2, -0.15) is 0 Å². The molecule has 166 valence electrons. The number of nitrogens with one attached hydrogen (secondary N) is 2. The Hall–Kier alpha value is -2.51. The van der Waals surface area contributed by atoms with E-state index in [1.807, 2.05) is 28.8 Å². The molecule has 2 aromatic rings. The summed E-state index contributed by atoms with van der Waals surface area (Å²) >= 11 is 13.0. The predicted molar refractivity (Wildman–Crippen MR) is 120 cm³/mol. The first-order chi connectivity index (χ1) is 14.9. The van der Waals surface area contributed by atoms with Crippen molar-refractivity contribution in [3.63, 3.8) is 0 Å². The number of aromatic nitrogens is 2. The van der Waals surface area contributed by atoms with Crippen LogP contribution in [0, 0.1) is 0 Å². The maximum absolute atomic E-state index is 12.7. The molecule has 2 amide bonds. The van der Waals surface area contributed by atoms with Gasteiger partial charge in [-0.1, -0.05) is 54.7 Å². The zero-order valence-electron chi connectivity index (χ0n) is 17.8. The number of unbranched alkanes of at least 4 members (excludes halogenated alkanes) is 1. The molecule has 1 atom stereocenters. The van der Waals surface area contributed by atoms with Gasteiger partial charge in [0.2, 0.25) is 0 Å². The van der Waals surface area contributed by atoms with Gasteiger partial charge in [-0.25, -0.2) is 14.6 Å². The number of aryl methyl sites for hydroxylation is 1. The van der Waals surface area contributed by atoms with Gasteiger partial charge >= 0.3 is 12.0 Å². The third-order valence-corrected chi connectivity index (χ3v) is 5.77. The zero-order chi connectivity index (χ0) is 22.5. The molecule has 1 unspecified atom stereocenters. The number of esters is 1. The van der Waals surface area contributed by atoms with Crippen LogP contribution in [0.15, 0.2) is 35.5 Å². The standard InChI is InChI=1S/C22H26Cl2N4O3/c1-4-6-11-16-26-20(24)19(28(16)12-14-9-7-8-10-15(14)23)18-17(21(29)31-5-2)13(3)25-22(30)27-18/h7-10,18H,4-6,11-12H2,1-3H3,(H2,25,27,30). The Bertz CT molecular complexity index is 1020. The summed E-state index contributed by atoms with van der Waals surface area (Å²) < 4.78 is 7.19. The van der Waals surface area contributed by atoms with Crippen molar-refractivity contribution in [2.24, 2.45) is 0 Å². The van der Waals surface area contributed by atoms with Gasteiger partial charge in [0.25, 0.3) is 0 Å². The maximum atomic E-state index is 12.7. The van der Waals surface area contributed by atoms with E-state index in [0.717, 1.165) is 24.2 Å². The molecular weight excluding hydrogens is 439 g/mol. The molecule has 31 heavy (non-hydrogen) atoms. The van der Waals surface area contributed by atoms with E-state index in [2.05, 4.69) is 22.5 Å². The van der Waals surface area contributed by atoms with Gasteiger partial charge in [-0.05, 0) is 31.9 Å². The molecule has 1 aromatic heterocycles. The number of nitrogens with zero attached hydrogens (tertiary/aromatic N) is 2. The predicted octanol–water partition coefficient (Wildman–Crippen LogP) is 4.77. The lowest BCUT2D eigenvalue weighted by molar-refractivity contribution is -0.139. The minimum atomic E-state index is -0.800. The molecule has 0 fully saturated rings. The number of benzene rings is 1. The molecule has 0 aliphatic carbocycles. The van der Waals surface area contributed by atoms with E-state index in [1.54, 1.807) is 13.8 Å². The lowest BCUT2D eigenvalue weighted by Crippen LogP contribution is -2.46. The number of carbonyl (C=O) groups is 2. The number of carbonyl (C=O) groups excluding carboxylic acids is 2. The van der Waals surface area contributed by atoms with Crippen LogP contribution in [-0.4, -0.2) is 28.2 Å². The summed E-state index contributed by atoms with van der Waals surface area (Å²) in [6.07, 6.45) is 2.62. The van der Waals surface area contributed by atoms with Gasteiger partial charge in [0.1, 0.15) is 11.9 Å². The number of imidazole rings is 1. The van der Waals surface area contributed by atoms with Crippen molar-refractivity contribution in [1.29, 1.82) is 0 Å². The summed E-state index contributed by atoms with van der Waals surface area (Å²) in [6.45, 7) is 6.11. The molecule has 0 radical (unpaired) electrons. The molecule has 1 aromatic carbocycles. The Labute approximate surface area is 191 Å². The topological polar surface area (TPSA) is 85.2 Å². The molecule has 0 saturated carbocycles. The molecule has 1 aliphatic rings. The molecule has 9 heteroatoms. The number of hydrogen-bond acceptors (Lipinski definition) is 4. The van der Waals surface area contributed by atoms with E-state index in [-0.39, 0.29) is 11.8 Å². The summed E-state index contributed by atoms with van der Waals surface area (Å²) in [5.41, 5.74) is 2.13. The molecule has 0 bridgehead atoms. The number of halogens is 2. The zero-order valence-corrected chi connectivity index (χ0v) is 19.3. The Balaban J connectivity index is 2.15. The van der Waals surface area contributed by atoms with Crippen LogP contribution in [0.1, 0.15) is 56.7 Å². The van der Waals surface area contributed by atoms with Crippen molar-refractivity contribution >= 4 is 35.2 Å². The summed E-state index contributed by atoms with van der Waals surface area (Å²) in [6, 6.07) is 6.30. The molecular formula is C22H26Cl2N4O3. The van der Waals surface area contributed by atoms with E-state index in [1.165, 1.54) is 0 Å². The maximum Gasteiger partial charge on any atom is 0.338 e. The number of rotatable bonds is 8.